The molecule has 0 unspecified atom stereocenters. The number of hydrogen-bond acceptors (Lipinski definition) is 7. The van der Waals surface area contributed by atoms with Crippen molar-refractivity contribution in [2.45, 2.75) is 220 Å². The molecule has 318 valence electrons. The van der Waals surface area contributed by atoms with Crippen LogP contribution in [-0.2, 0) is 33.4 Å². The zero-order valence-corrected chi connectivity index (χ0v) is 36.7. The number of fused-ring (bicyclic) bond motifs is 2. The first-order chi connectivity index (χ1) is 27.0. The molecule has 7 heteroatoms. The highest BCUT2D eigenvalue weighted by Gasteiger charge is 2.72. The van der Waals surface area contributed by atoms with Gasteiger partial charge in [0.2, 0.25) is 0 Å². The second-order valence-corrected chi connectivity index (χ2v) is 23.6. The third-order valence-electron chi connectivity index (χ3n) is 20.9. The normalized spacial score (nSPS) is 53.1. The Labute approximate surface area is 344 Å². The van der Waals surface area contributed by atoms with Crippen molar-refractivity contribution in [3.8, 4) is 0 Å². The molecule has 0 aromatic carbocycles. The number of carbonyl (C=O) groups is 4. The minimum atomic E-state index is -0.688. The van der Waals surface area contributed by atoms with E-state index in [0.29, 0.717) is 36.5 Å². The Balaban J connectivity index is 0.996. The Morgan fingerprint density at radius 2 is 0.842 bits per heavy atom. The van der Waals surface area contributed by atoms with Gasteiger partial charge in [0.1, 0.15) is 11.2 Å². The summed E-state index contributed by atoms with van der Waals surface area (Å²) in [5.74, 6) is 1.40. The molecule has 0 radical (unpaired) electrons. The van der Waals surface area contributed by atoms with Gasteiger partial charge in [-0.25, -0.2) is 0 Å². The van der Waals surface area contributed by atoms with E-state index in [4.69, 9.17) is 14.2 Å². The summed E-state index contributed by atoms with van der Waals surface area (Å²) in [5.41, 5.74) is -1.85. The van der Waals surface area contributed by atoms with Gasteiger partial charge in [-0.1, -0.05) is 66.2 Å². The fraction of sp³-hybridized carbons (Fsp3) is 0.920. The van der Waals surface area contributed by atoms with E-state index < -0.39 is 10.8 Å². The van der Waals surface area contributed by atoms with E-state index in [2.05, 4.69) is 41.5 Å². The van der Waals surface area contributed by atoms with Crippen LogP contribution >= 0.6 is 0 Å². The summed E-state index contributed by atoms with van der Waals surface area (Å²) in [5, 5.41) is 0. The summed E-state index contributed by atoms with van der Waals surface area (Å²) in [6.07, 6.45) is 24.7. The van der Waals surface area contributed by atoms with Crippen molar-refractivity contribution < 1.29 is 33.4 Å². The molecule has 0 aromatic heterocycles. The zero-order chi connectivity index (χ0) is 40.3. The van der Waals surface area contributed by atoms with E-state index in [-0.39, 0.29) is 68.6 Å². The maximum absolute atomic E-state index is 14.8. The molecule has 0 N–H and O–H groups in total. The molecule has 0 aromatic rings. The summed E-state index contributed by atoms with van der Waals surface area (Å²) in [7, 11) is 0. The number of rotatable bonds is 0. The van der Waals surface area contributed by atoms with Gasteiger partial charge in [0.05, 0.1) is 10.8 Å². The van der Waals surface area contributed by atoms with E-state index in [0.717, 1.165) is 154 Å². The third-order valence-corrected chi connectivity index (χ3v) is 20.9. The van der Waals surface area contributed by atoms with Crippen molar-refractivity contribution in [3.05, 3.63) is 0 Å². The van der Waals surface area contributed by atoms with Crippen molar-refractivity contribution in [1.29, 1.82) is 0 Å². The van der Waals surface area contributed by atoms with Crippen LogP contribution in [0.4, 0.5) is 0 Å². The second kappa shape index (κ2) is 13.8. The molecule has 7 nitrogen and oxygen atoms in total. The van der Waals surface area contributed by atoms with Crippen molar-refractivity contribution in [2.75, 3.05) is 0 Å². The van der Waals surface area contributed by atoms with Gasteiger partial charge in [-0.15, -0.1) is 0 Å². The fourth-order valence-electron chi connectivity index (χ4n) is 18.5. The lowest BCUT2D eigenvalue weighted by Gasteiger charge is -2.64. The first-order valence-corrected chi connectivity index (χ1v) is 24.2. The molecule has 4 aliphatic heterocycles. The van der Waals surface area contributed by atoms with E-state index in [1.54, 1.807) is 0 Å². The standard InChI is InChI=1S/C50H76O7/c1-33-29-47-25-17-35-43(3)21-13-23-45(35,5)41(53)55-42(54)46(6)24-14-22-44(4)36(46)18-26-48-30-34(2)50(32-48,28-20-38(44)48)57-40(52)16-12-10-8-7-9-11-15-39(51)56-49(33,31-47)27-19-37(43)47/h33-38H,7-32H2,1-6H3/t33-,34-,35-,36-,37-,38-,43+,44+,45+,46+,47+,48+,49-,50-/m0/s1. The van der Waals surface area contributed by atoms with E-state index in [1.807, 2.05) is 0 Å². The highest BCUT2D eigenvalue weighted by atomic mass is 16.6. The maximum atomic E-state index is 14.8. The van der Waals surface area contributed by atoms with Gasteiger partial charge < -0.3 is 14.2 Å². The average Bonchev–Trinajstić information content (AvgIpc) is 3.47. The molecule has 8 aliphatic carbocycles. The van der Waals surface area contributed by atoms with Crippen LogP contribution < -0.4 is 0 Å². The summed E-state index contributed by atoms with van der Waals surface area (Å²) < 4.78 is 19.5. The van der Waals surface area contributed by atoms with E-state index in [9.17, 15) is 19.2 Å². The summed E-state index contributed by atoms with van der Waals surface area (Å²) in [6.45, 7) is 13.9. The van der Waals surface area contributed by atoms with Crippen LogP contribution in [0.25, 0.3) is 0 Å². The number of carbonyl (C=O) groups excluding carboxylic acids is 4. The molecule has 8 saturated carbocycles. The van der Waals surface area contributed by atoms with Gasteiger partial charge in [-0.3, -0.25) is 19.2 Å². The highest BCUT2D eigenvalue weighted by Crippen LogP contribution is 2.76. The molecule has 12 aliphatic rings. The molecule has 4 saturated heterocycles. The zero-order valence-electron chi connectivity index (χ0n) is 36.7. The van der Waals surface area contributed by atoms with E-state index in [1.165, 1.54) is 0 Å². The molecule has 12 bridgehead atoms. The minimum Gasteiger partial charge on any atom is -0.459 e. The van der Waals surface area contributed by atoms with Crippen LogP contribution in [0.1, 0.15) is 208 Å². The molecule has 14 atom stereocenters. The van der Waals surface area contributed by atoms with Gasteiger partial charge in [0.15, 0.2) is 0 Å². The van der Waals surface area contributed by atoms with Crippen molar-refractivity contribution in [2.24, 2.45) is 68.0 Å². The molecule has 4 spiro atoms. The Morgan fingerprint density at radius 3 is 1.26 bits per heavy atom. The maximum Gasteiger partial charge on any atom is 0.319 e. The largest absolute Gasteiger partial charge is 0.459 e. The lowest BCUT2D eigenvalue weighted by Crippen LogP contribution is -2.61. The average molecular weight is 789 g/mol. The topological polar surface area (TPSA) is 96.0 Å². The smallest absolute Gasteiger partial charge is 0.319 e. The Kier molecular flexibility index (Phi) is 9.80. The molecular weight excluding hydrogens is 713 g/mol. The van der Waals surface area contributed by atoms with Crippen molar-refractivity contribution in [3.63, 3.8) is 0 Å². The SMILES string of the molecule is C[C@H]1C[C@@]23CC[C@H]4[C@@]5(C)CCC[C@@]4(C)C(=O)OC(=O)[C@]4(C)CCC[C@@]6(C)[C@@H]7CC[C@@]8(C[C@@]7(CC[C@@H]64)C[C@@H]8C)OC(=O)CCCCCCCCC(=O)O[C@@]1(CC[C@H]25)C3. The second-order valence-electron chi connectivity index (χ2n) is 23.6. The Morgan fingerprint density at radius 1 is 0.456 bits per heavy atom. The van der Waals surface area contributed by atoms with Crippen LogP contribution in [-0.4, -0.2) is 35.1 Å². The van der Waals surface area contributed by atoms with Gasteiger partial charge in [-0.2, -0.15) is 0 Å². The molecule has 12 rings (SSSR count). The van der Waals surface area contributed by atoms with Crippen LogP contribution in [0, 0.1) is 68.0 Å². The monoisotopic (exact) mass is 789 g/mol. The van der Waals surface area contributed by atoms with Crippen LogP contribution in [0.15, 0.2) is 0 Å². The minimum absolute atomic E-state index is 0.0110. The van der Waals surface area contributed by atoms with Crippen LogP contribution in [0.5, 0.6) is 0 Å². The Bertz CT molecular complexity index is 1540. The lowest BCUT2D eigenvalue weighted by molar-refractivity contribution is -0.209. The summed E-state index contributed by atoms with van der Waals surface area (Å²) in [4.78, 5) is 56.5. The van der Waals surface area contributed by atoms with Gasteiger partial charge in [-0.05, 0) is 187 Å². The number of ether oxygens (including phenoxy) is 3. The number of hydrogen-bond donors (Lipinski definition) is 0. The van der Waals surface area contributed by atoms with Crippen LogP contribution in [0.2, 0.25) is 0 Å². The molecular formula is C50H76O7. The van der Waals surface area contributed by atoms with Gasteiger partial charge in [0, 0.05) is 12.8 Å². The quantitative estimate of drug-likeness (QED) is 0.137. The molecule has 12 fully saturated rings. The first-order valence-electron chi connectivity index (χ1n) is 24.2. The first kappa shape index (κ1) is 40.5. The van der Waals surface area contributed by atoms with Gasteiger partial charge in [0.25, 0.3) is 0 Å². The van der Waals surface area contributed by atoms with Crippen LogP contribution in [0.3, 0.4) is 0 Å². The molecule has 4 heterocycles. The summed E-state index contributed by atoms with van der Waals surface area (Å²) >= 11 is 0. The Hall–Kier alpha value is -1.92. The predicted molar refractivity (Wildman–Crippen MR) is 218 cm³/mol. The van der Waals surface area contributed by atoms with Gasteiger partial charge >= 0.3 is 23.9 Å². The summed E-state index contributed by atoms with van der Waals surface area (Å²) in [6, 6.07) is 0. The molecule has 0 amide bonds. The van der Waals surface area contributed by atoms with Crippen molar-refractivity contribution >= 4 is 23.9 Å². The third kappa shape index (κ3) is 5.94. The van der Waals surface area contributed by atoms with Crippen molar-refractivity contribution in [1.82, 2.24) is 0 Å². The molecule has 57 heavy (non-hydrogen) atoms. The lowest BCUT2D eigenvalue weighted by atomic mass is 9.40. The number of esters is 4. The fourth-order valence-corrected chi connectivity index (χ4v) is 18.5. The van der Waals surface area contributed by atoms with E-state index >= 15 is 0 Å². The highest BCUT2D eigenvalue weighted by molar-refractivity contribution is 5.92. The predicted octanol–water partition coefficient (Wildman–Crippen LogP) is 11.6.